The van der Waals surface area contributed by atoms with Gasteiger partial charge in [0.25, 0.3) is 5.91 Å². The quantitative estimate of drug-likeness (QED) is 0.448. The van der Waals surface area contributed by atoms with Gasteiger partial charge in [0.2, 0.25) is 0 Å². The number of benzene rings is 2. The Morgan fingerprint density at radius 2 is 1.87 bits per heavy atom. The number of carbonyl (C=O) groups is 1. The lowest BCUT2D eigenvalue weighted by Gasteiger charge is -2.11. The van der Waals surface area contributed by atoms with Crippen molar-refractivity contribution in [2.45, 2.75) is 6.92 Å². The molecule has 1 N–H and O–H groups in total. The molecule has 3 heterocycles. The van der Waals surface area contributed by atoms with Crippen LogP contribution in [0.4, 0.5) is 5.69 Å². The Kier molecular flexibility index (Phi) is 4.59. The molecule has 5 rings (SSSR count). The fraction of sp³-hybridized carbons (Fsp3) is 0.0800. The maximum Gasteiger partial charge on any atom is 0.274 e. The van der Waals surface area contributed by atoms with Gasteiger partial charge < -0.3 is 14.5 Å². The fourth-order valence-corrected chi connectivity index (χ4v) is 3.57. The van der Waals surface area contributed by atoms with Gasteiger partial charge in [0.05, 0.1) is 24.0 Å². The van der Waals surface area contributed by atoms with Gasteiger partial charge in [-0.15, -0.1) is 0 Å². The third-order valence-electron chi connectivity index (χ3n) is 5.19. The van der Waals surface area contributed by atoms with Gasteiger partial charge in [0.15, 0.2) is 0 Å². The van der Waals surface area contributed by atoms with Crippen molar-refractivity contribution >= 4 is 28.1 Å². The summed E-state index contributed by atoms with van der Waals surface area (Å²) in [6.45, 7) is 2.04. The average molecular weight is 408 g/mol. The van der Waals surface area contributed by atoms with Crippen LogP contribution < -0.4 is 10.1 Å². The number of hydrogen-bond donors (Lipinski definition) is 1. The monoisotopic (exact) mass is 408 g/mol. The second-order valence-corrected chi connectivity index (χ2v) is 7.35. The number of para-hydroxylation sites is 1. The number of nitrogens with one attached hydrogen (secondary N) is 1. The van der Waals surface area contributed by atoms with E-state index in [4.69, 9.17) is 9.72 Å². The molecule has 3 aromatic heterocycles. The largest absolute Gasteiger partial charge is 0.495 e. The van der Waals surface area contributed by atoms with E-state index in [0.717, 1.165) is 33.4 Å². The van der Waals surface area contributed by atoms with Crippen LogP contribution in [0.25, 0.3) is 27.8 Å². The van der Waals surface area contributed by atoms with Gasteiger partial charge in [-0.2, -0.15) is 0 Å². The molecule has 0 spiro atoms. The zero-order valence-corrected chi connectivity index (χ0v) is 17.2. The molecule has 1 amide bonds. The summed E-state index contributed by atoms with van der Waals surface area (Å²) in [7, 11) is 1.58. The first kappa shape index (κ1) is 18.8. The SMILES string of the molecule is COc1ccc(-c2cn3ccc(C)cc3n2)cc1NC(=O)c1ccc2ccccc2n1. The predicted octanol–water partition coefficient (Wildman–Crippen LogP) is 5.12. The van der Waals surface area contributed by atoms with Crippen LogP contribution in [0, 0.1) is 6.92 Å². The number of fused-ring (bicyclic) bond motifs is 2. The molecule has 0 aliphatic carbocycles. The Morgan fingerprint density at radius 3 is 2.74 bits per heavy atom. The summed E-state index contributed by atoms with van der Waals surface area (Å²) in [6, 6.07) is 21.0. The number of imidazole rings is 1. The highest BCUT2D eigenvalue weighted by Gasteiger charge is 2.14. The van der Waals surface area contributed by atoms with E-state index in [9.17, 15) is 4.79 Å². The summed E-state index contributed by atoms with van der Waals surface area (Å²) in [5.41, 5.74) is 5.39. The molecule has 2 aromatic carbocycles. The second-order valence-electron chi connectivity index (χ2n) is 7.35. The summed E-state index contributed by atoms with van der Waals surface area (Å²) in [5, 5.41) is 3.92. The lowest BCUT2D eigenvalue weighted by atomic mass is 10.1. The average Bonchev–Trinajstić information content (AvgIpc) is 3.22. The standard InChI is InChI=1S/C25H20N4O2/c1-16-11-12-29-15-22(27-24(29)13-16)18-8-10-23(31-2)21(14-18)28-25(30)20-9-7-17-5-3-4-6-19(17)26-20/h3-15H,1-2H3,(H,28,30). The topological polar surface area (TPSA) is 68.5 Å². The molecule has 0 saturated heterocycles. The number of pyridine rings is 2. The first-order valence-corrected chi connectivity index (χ1v) is 9.92. The van der Waals surface area contributed by atoms with Crippen LogP contribution >= 0.6 is 0 Å². The number of methoxy groups -OCH3 is 1. The van der Waals surface area contributed by atoms with E-state index in [0.29, 0.717) is 17.1 Å². The van der Waals surface area contributed by atoms with Crippen molar-refractivity contribution in [2.24, 2.45) is 0 Å². The predicted molar refractivity (Wildman–Crippen MR) is 122 cm³/mol. The number of carbonyl (C=O) groups excluding carboxylic acids is 1. The van der Waals surface area contributed by atoms with E-state index in [1.165, 1.54) is 0 Å². The summed E-state index contributed by atoms with van der Waals surface area (Å²) in [6.07, 6.45) is 3.95. The van der Waals surface area contributed by atoms with Crippen LogP contribution in [-0.2, 0) is 0 Å². The second kappa shape index (κ2) is 7.57. The third-order valence-corrected chi connectivity index (χ3v) is 5.19. The van der Waals surface area contributed by atoms with Crippen molar-refractivity contribution < 1.29 is 9.53 Å². The first-order valence-electron chi connectivity index (χ1n) is 9.92. The molecule has 0 bridgehead atoms. The molecule has 6 heteroatoms. The van der Waals surface area contributed by atoms with Crippen molar-refractivity contribution in [3.8, 4) is 17.0 Å². The van der Waals surface area contributed by atoms with Crippen molar-refractivity contribution in [2.75, 3.05) is 12.4 Å². The first-order chi connectivity index (χ1) is 15.1. The minimum absolute atomic E-state index is 0.299. The molecule has 0 radical (unpaired) electrons. The molecule has 0 aliphatic rings. The highest BCUT2D eigenvalue weighted by atomic mass is 16.5. The zero-order valence-electron chi connectivity index (χ0n) is 17.2. The van der Waals surface area contributed by atoms with E-state index in [1.54, 1.807) is 13.2 Å². The van der Waals surface area contributed by atoms with Gasteiger partial charge >= 0.3 is 0 Å². The fourth-order valence-electron chi connectivity index (χ4n) is 3.57. The highest BCUT2D eigenvalue weighted by molar-refractivity contribution is 6.05. The molecule has 0 aliphatic heterocycles. The molecule has 0 atom stereocenters. The van der Waals surface area contributed by atoms with Crippen LogP contribution in [0.1, 0.15) is 16.1 Å². The zero-order chi connectivity index (χ0) is 21.4. The van der Waals surface area contributed by atoms with Crippen LogP contribution in [-0.4, -0.2) is 27.4 Å². The molecule has 0 unspecified atom stereocenters. The third kappa shape index (κ3) is 3.59. The molecular weight excluding hydrogens is 388 g/mol. The van der Waals surface area contributed by atoms with Crippen molar-refractivity contribution in [1.82, 2.24) is 14.4 Å². The van der Waals surface area contributed by atoms with Gasteiger partial charge in [-0.1, -0.05) is 24.3 Å². The van der Waals surface area contributed by atoms with Crippen LogP contribution in [0.2, 0.25) is 0 Å². The Bertz CT molecular complexity index is 1440. The van der Waals surface area contributed by atoms with E-state index in [2.05, 4.69) is 10.3 Å². The normalized spacial score (nSPS) is 11.0. The number of rotatable bonds is 4. The molecule has 0 fully saturated rings. The number of aryl methyl sites for hydroxylation is 1. The molecule has 0 saturated carbocycles. The van der Waals surface area contributed by atoms with Crippen molar-refractivity contribution in [3.63, 3.8) is 0 Å². The lowest BCUT2D eigenvalue weighted by Crippen LogP contribution is -2.14. The molecule has 152 valence electrons. The number of nitrogens with zero attached hydrogens (tertiary/aromatic N) is 3. The highest BCUT2D eigenvalue weighted by Crippen LogP contribution is 2.31. The molecule has 6 nitrogen and oxygen atoms in total. The van der Waals surface area contributed by atoms with Crippen LogP contribution in [0.15, 0.2) is 79.1 Å². The van der Waals surface area contributed by atoms with E-state index in [-0.39, 0.29) is 5.91 Å². The minimum Gasteiger partial charge on any atom is -0.495 e. The number of anilines is 1. The Balaban J connectivity index is 1.49. The van der Waals surface area contributed by atoms with Crippen molar-refractivity contribution in [1.29, 1.82) is 0 Å². The number of ether oxygens (including phenoxy) is 1. The summed E-state index contributed by atoms with van der Waals surface area (Å²) < 4.78 is 7.43. The van der Waals surface area contributed by atoms with Crippen molar-refractivity contribution in [3.05, 3.63) is 90.4 Å². The van der Waals surface area contributed by atoms with E-state index in [1.807, 2.05) is 84.4 Å². The Labute approximate surface area is 179 Å². The van der Waals surface area contributed by atoms with Gasteiger partial charge in [-0.25, -0.2) is 9.97 Å². The number of aromatic nitrogens is 3. The summed E-state index contributed by atoms with van der Waals surface area (Å²) in [4.78, 5) is 22.1. The van der Waals surface area contributed by atoms with E-state index >= 15 is 0 Å². The Morgan fingerprint density at radius 1 is 1.00 bits per heavy atom. The smallest absolute Gasteiger partial charge is 0.274 e. The minimum atomic E-state index is -0.299. The molecule has 5 aromatic rings. The van der Waals surface area contributed by atoms with Gasteiger partial charge in [0, 0.05) is 23.3 Å². The van der Waals surface area contributed by atoms with Crippen LogP contribution in [0.3, 0.4) is 0 Å². The maximum absolute atomic E-state index is 12.9. The van der Waals surface area contributed by atoms with Gasteiger partial charge in [-0.3, -0.25) is 4.79 Å². The van der Waals surface area contributed by atoms with E-state index < -0.39 is 0 Å². The van der Waals surface area contributed by atoms with Crippen LogP contribution in [0.5, 0.6) is 5.75 Å². The summed E-state index contributed by atoms with van der Waals surface area (Å²) in [5.74, 6) is 0.268. The van der Waals surface area contributed by atoms with Gasteiger partial charge in [-0.05, 0) is 55.0 Å². The Hall–Kier alpha value is -4.19. The molecule has 31 heavy (non-hydrogen) atoms. The lowest BCUT2D eigenvalue weighted by molar-refractivity contribution is 0.102. The molecular formula is C25H20N4O2. The number of hydrogen-bond acceptors (Lipinski definition) is 4. The number of amides is 1. The van der Waals surface area contributed by atoms with Gasteiger partial charge in [0.1, 0.15) is 17.1 Å². The maximum atomic E-state index is 12.9. The summed E-state index contributed by atoms with van der Waals surface area (Å²) >= 11 is 0.